The van der Waals surface area contributed by atoms with E-state index >= 15 is 0 Å². The number of carbonyl (C=O) groups is 1. The smallest absolute Gasteiger partial charge is 0.395 e. The third-order valence-corrected chi connectivity index (χ3v) is 3.44. The molecule has 0 saturated heterocycles. The molecule has 110 valence electrons. The van der Waals surface area contributed by atoms with Crippen LogP contribution in [0.15, 0.2) is 18.2 Å². The average Bonchev–Trinajstić information content (AvgIpc) is 3.18. The molecule has 20 heavy (non-hydrogen) atoms. The van der Waals surface area contributed by atoms with E-state index in [2.05, 4.69) is 0 Å². The molecule has 1 aliphatic rings. The number of nitrogens with zero attached hydrogens (tertiary/aromatic N) is 1. The number of aliphatic hydroxyl groups excluding tert-OH is 1. The first-order valence-corrected chi connectivity index (χ1v) is 6.51. The van der Waals surface area contributed by atoms with E-state index < -0.39 is 22.7 Å². The highest BCUT2D eigenvalue weighted by Gasteiger charge is 2.36. The topological polar surface area (TPSA) is 40.5 Å². The minimum absolute atomic E-state index is 0.0136. The van der Waals surface area contributed by atoms with Gasteiger partial charge in [-0.05, 0) is 31.0 Å². The lowest BCUT2D eigenvalue weighted by atomic mass is 10.1. The van der Waals surface area contributed by atoms with Crippen molar-refractivity contribution < 1.29 is 23.1 Å². The molecule has 0 aliphatic heterocycles. The van der Waals surface area contributed by atoms with E-state index in [1.165, 1.54) is 11.0 Å². The van der Waals surface area contributed by atoms with Gasteiger partial charge in [-0.15, -0.1) is 0 Å². The molecule has 0 unspecified atom stereocenters. The van der Waals surface area contributed by atoms with Gasteiger partial charge in [-0.1, -0.05) is 11.6 Å². The van der Waals surface area contributed by atoms with Gasteiger partial charge in [0.25, 0.3) is 5.91 Å². The average molecular weight is 308 g/mol. The highest BCUT2D eigenvalue weighted by atomic mass is 35.5. The van der Waals surface area contributed by atoms with Crippen LogP contribution in [0.4, 0.5) is 13.2 Å². The van der Waals surface area contributed by atoms with Crippen molar-refractivity contribution in [3.05, 3.63) is 34.3 Å². The fraction of sp³-hybridized carbons (Fsp3) is 0.462. The fourth-order valence-corrected chi connectivity index (χ4v) is 2.21. The predicted octanol–water partition coefficient (Wildman–Crippen LogP) is 2.96. The van der Waals surface area contributed by atoms with E-state index in [1.807, 2.05) is 0 Å². The van der Waals surface area contributed by atoms with Crippen molar-refractivity contribution in [3.8, 4) is 0 Å². The molecule has 1 fully saturated rings. The highest BCUT2D eigenvalue weighted by molar-refractivity contribution is 6.31. The molecule has 0 atom stereocenters. The van der Waals surface area contributed by atoms with Crippen LogP contribution in [0, 0.1) is 0 Å². The van der Waals surface area contributed by atoms with Crippen molar-refractivity contribution in [1.29, 1.82) is 0 Å². The summed E-state index contributed by atoms with van der Waals surface area (Å²) in [5, 5.41) is 8.51. The zero-order valence-corrected chi connectivity index (χ0v) is 11.2. The summed E-state index contributed by atoms with van der Waals surface area (Å²) >= 11 is 5.52. The molecule has 7 heteroatoms. The lowest BCUT2D eigenvalue weighted by Crippen LogP contribution is -2.35. The SMILES string of the molecule is O=C(c1ccc(Cl)c(C(F)(F)F)c1)N(CCO)C1CC1. The van der Waals surface area contributed by atoms with E-state index in [-0.39, 0.29) is 24.8 Å². The molecule has 0 bridgehead atoms. The first kappa shape index (κ1) is 15.1. The van der Waals surface area contributed by atoms with Crippen LogP contribution in [0.25, 0.3) is 0 Å². The van der Waals surface area contributed by atoms with Crippen molar-refractivity contribution in [2.45, 2.75) is 25.1 Å². The first-order chi connectivity index (χ1) is 9.34. The maximum atomic E-state index is 12.8. The third-order valence-electron chi connectivity index (χ3n) is 3.11. The predicted molar refractivity (Wildman–Crippen MR) is 67.6 cm³/mol. The van der Waals surface area contributed by atoms with Gasteiger partial charge in [0.1, 0.15) is 0 Å². The number of carbonyl (C=O) groups excluding carboxylic acids is 1. The molecule has 1 N–H and O–H groups in total. The van der Waals surface area contributed by atoms with E-state index in [0.29, 0.717) is 0 Å². The van der Waals surface area contributed by atoms with E-state index in [4.69, 9.17) is 16.7 Å². The van der Waals surface area contributed by atoms with Crippen LogP contribution in [0.2, 0.25) is 5.02 Å². The number of halogens is 4. The van der Waals surface area contributed by atoms with Crippen molar-refractivity contribution in [1.82, 2.24) is 4.90 Å². The highest BCUT2D eigenvalue weighted by Crippen LogP contribution is 2.36. The standard InChI is InChI=1S/C13H13ClF3NO2/c14-11-4-1-8(7-10(11)13(15,16)17)12(20)18(5-6-19)9-2-3-9/h1,4,7,9,19H,2-3,5-6H2. The molecule has 1 aromatic rings. The minimum Gasteiger partial charge on any atom is -0.395 e. The monoisotopic (exact) mass is 307 g/mol. The minimum atomic E-state index is -4.60. The van der Waals surface area contributed by atoms with Gasteiger partial charge in [0.05, 0.1) is 17.2 Å². The number of alkyl halides is 3. The van der Waals surface area contributed by atoms with Gasteiger partial charge in [-0.25, -0.2) is 0 Å². The summed E-state index contributed by atoms with van der Waals surface area (Å²) in [6, 6.07) is 3.12. The van der Waals surface area contributed by atoms with Gasteiger partial charge in [0.2, 0.25) is 0 Å². The van der Waals surface area contributed by atoms with Crippen LogP contribution >= 0.6 is 11.6 Å². The van der Waals surface area contributed by atoms with Crippen LogP contribution in [-0.4, -0.2) is 35.1 Å². The zero-order chi connectivity index (χ0) is 14.9. The Labute approximate surface area is 118 Å². The number of rotatable bonds is 4. The van der Waals surface area contributed by atoms with Crippen LogP contribution in [-0.2, 0) is 6.18 Å². The molecule has 3 nitrogen and oxygen atoms in total. The van der Waals surface area contributed by atoms with Gasteiger partial charge in [-0.2, -0.15) is 13.2 Å². The maximum Gasteiger partial charge on any atom is 0.417 e. The molecular formula is C13H13ClF3NO2. The van der Waals surface area contributed by atoms with Crippen LogP contribution in [0.3, 0.4) is 0 Å². The Morgan fingerprint density at radius 3 is 2.55 bits per heavy atom. The van der Waals surface area contributed by atoms with Gasteiger partial charge in [0.15, 0.2) is 0 Å². The Kier molecular flexibility index (Phi) is 4.25. The molecule has 1 aliphatic carbocycles. The second kappa shape index (κ2) is 5.61. The number of hydrogen-bond acceptors (Lipinski definition) is 2. The van der Waals surface area contributed by atoms with Crippen LogP contribution in [0.1, 0.15) is 28.8 Å². The van der Waals surface area contributed by atoms with Crippen molar-refractivity contribution >= 4 is 17.5 Å². The van der Waals surface area contributed by atoms with E-state index in [0.717, 1.165) is 25.0 Å². The van der Waals surface area contributed by atoms with Gasteiger partial charge in [-0.3, -0.25) is 4.79 Å². The summed E-state index contributed by atoms with van der Waals surface area (Å²) in [5.74, 6) is -0.510. The number of aliphatic hydroxyl groups is 1. The Hall–Kier alpha value is -1.27. The second-order valence-electron chi connectivity index (χ2n) is 4.65. The summed E-state index contributed by atoms with van der Waals surface area (Å²) in [4.78, 5) is 13.6. The maximum absolute atomic E-state index is 12.8. The summed E-state index contributed by atoms with van der Waals surface area (Å²) in [5.41, 5.74) is -1.09. The number of benzene rings is 1. The largest absolute Gasteiger partial charge is 0.417 e. The van der Waals surface area contributed by atoms with Crippen LogP contribution in [0.5, 0.6) is 0 Å². The molecular weight excluding hydrogens is 295 g/mol. The van der Waals surface area contributed by atoms with Crippen molar-refractivity contribution in [2.24, 2.45) is 0 Å². The van der Waals surface area contributed by atoms with Gasteiger partial charge < -0.3 is 10.0 Å². The third kappa shape index (κ3) is 3.24. The van der Waals surface area contributed by atoms with Gasteiger partial charge >= 0.3 is 6.18 Å². The summed E-state index contributed by atoms with van der Waals surface area (Å²) < 4.78 is 38.3. The normalized spacial score (nSPS) is 15.2. The lowest BCUT2D eigenvalue weighted by molar-refractivity contribution is -0.137. The summed E-state index contributed by atoms with van der Waals surface area (Å²) in [6.45, 7) is -0.102. The Morgan fingerprint density at radius 1 is 1.40 bits per heavy atom. The first-order valence-electron chi connectivity index (χ1n) is 6.13. The Morgan fingerprint density at radius 2 is 2.05 bits per heavy atom. The summed E-state index contributed by atoms with van der Waals surface area (Å²) in [6.07, 6.45) is -2.98. The number of amides is 1. The molecule has 0 radical (unpaired) electrons. The van der Waals surface area contributed by atoms with E-state index in [1.54, 1.807) is 0 Å². The molecule has 1 saturated carbocycles. The van der Waals surface area contributed by atoms with Crippen molar-refractivity contribution in [2.75, 3.05) is 13.2 Å². The number of hydrogen-bond donors (Lipinski definition) is 1. The fourth-order valence-electron chi connectivity index (χ4n) is 1.99. The zero-order valence-electron chi connectivity index (χ0n) is 10.5. The molecule has 0 spiro atoms. The second-order valence-corrected chi connectivity index (χ2v) is 5.05. The Bertz CT molecular complexity index is 515. The molecule has 2 rings (SSSR count). The van der Waals surface area contributed by atoms with E-state index in [9.17, 15) is 18.0 Å². The quantitative estimate of drug-likeness (QED) is 0.929. The molecule has 0 aromatic heterocycles. The van der Waals surface area contributed by atoms with Crippen LogP contribution < -0.4 is 0 Å². The molecule has 0 heterocycles. The Balaban J connectivity index is 2.30. The van der Waals surface area contributed by atoms with Crippen molar-refractivity contribution in [3.63, 3.8) is 0 Å². The lowest BCUT2D eigenvalue weighted by Gasteiger charge is -2.22. The van der Waals surface area contributed by atoms with Gasteiger partial charge in [0, 0.05) is 18.2 Å². The molecule has 1 aromatic carbocycles. The molecule has 1 amide bonds. The summed E-state index contributed by atoms with van der Waals surface area (Å²) in [7, 11) is 0.